The van der Waals surface area contributed by atoms with Gasteiger partial charge in [-0.3, -0.25) is 4.40 Å². The molecule has 2 aromatic rings. The van der Waals surface area contributed by atoms with Crippen LogP contribution in [0.1, 0.15) is 18.5 Å². The zero-order valence-electron chi connectivity index (χ0n) is 11.4. The van der Waals surface area contributed by atoms with Crippen molar-refractivity contribution in [3.05, 3.63) is 30.4 Å². The lowest BCUT2D eigenvalue weighted by Gasteiger charge is -2.27. The first-order valence-electron chi connectivity index (χ1n) is 6.99. The molecule has 1 aliphatic heterocycles. The number of fused-ring (bicyclic) bond motifs is 1. The van der Waals surface area contributed by atoms with Crippen molar-refractivity contribution in [3.8, 4) is 0 Å². The summed E-state index contributed by atoms with van der Waals surface area (Å²) < 4.78 is 1.98. The van der Waals surface area contributed by atoms with Gasteiger partial charge in [-0.15, -0.1) is 0 Å². The summed E-state index contributed by atoms with van der Waals surface area (Å²) in [5.74, 6) is 1.61. The van der Waals surface area contributed by atoms with E-state index in [0.717, 1.165) is 43.6 Å². The summed E-state index contributed by atoms with van der Waals surface area (Å²) in [4.78, 5) is 11.2. The van der Waals surface area contributed by atoms with E-state index in [4.69, 9.17) is 0 Å². The Morgan fingerprint density at radius 1 is 1.42 bits per heavy atom. The average molecular weight is 259 g/mol. The topological polar surface area (TPSA) is 45.5 Å². The fourth-order valence-corrected chi connectivity index (χ4v) is 2.80. The highest BCUT2D eigenvalue weighted by molar-refractivity contribution is 5.29. The van der Waals surface area contributed by atoms with Crippen molar-refractivity contribution in [1.82, 2.24) is 24.6 Å². The Morgan fingerprint density at radius 3 is 3.05 bits per heavy atom. The van der Waals surface area contributed by atoms with Gasteiger partial charge in [0.05, 0.1) is 5.69 Å². The van der Waals surface area contributed by atoms with Gasteiger partial charge in [0.15, 0.2) is 0 Å². The maximum Gasteiger partial charge on any atom is 0.233 e. The molecule has 0 aromatic carbocycles. The Balaban J connectivity index is 1.60. The van der Waals surface area contributed by atoms with Gasteiger partial charge < -0.3 is 10.2 Å². The predicted octanol–water partition coefficient (Wildman–Crippen LogP) is 1.16. The molecule has 1 saturated heterocycles. The molecular weight excluding hydrogens is 238 g/mol. The van der Waals surface area contributed by atoms with Crippen molar-refractivity contribution in [2.45, 2.75) is 19.4 Å². The molecule has 0 unspecified atom stereocenters. The largest absolute Gasteiger partial charge is 0.317 e. The van der Waals surface area contributed by atoms with Crippen LogP contribution in [0.15, 0.2) is 24.7 Å². The van der Waals surface area contributed by atoms with Crippen LogP contribution in [0.5, 0.6) is 0 Å². The van der Waals surface area contributed by atoms with Gasteiger partial charge in [-0.2, -0.15) is 0 Å². The molecule has 0 spiro atoms. The molecule has 0 amide bonds. The SMILES string of the molecule is CN(Cc1cn2cccnc2n1)CC1CCNCC1. The van der Waals surface area contributed by atoms with Crippen LogP contribution in [-0.2, 0) is 6.54 Å². The number of aromatic nitrogens is 3. The first-order valence-corrected chi connectivity index (χ1v) is 6.99. The Hall–Kier alpha value is -1.46. The van der Waals surface area contributed by atoms with E-state index in [9.17, 15) is 0 Å². The second kappa shape index (κ2) is 5.67. The molecule has 0 atom stereocenters. The summed E-state index contributed by atoms with van der Waals surface area (Å²) in [6.07, 6.45) is 8.42. The van der Waals surface area contributed by atoms with E-state index < -0.39 is 0 Å². The van der Waals surface area contributed by atoms with Gasteiger partial charge in [0.25, 0.3) is 0 Å². The fourth-order valence-electron chi connectivity index (χ4n) is 2.80. The van der Waals surface area contributed by atoms with Crippen LogP contribution in [0, 0.1) is 5.92 Å². The summed E-state index contributed by atoms with van der Waals surface area (Å²) in [5.41, 5.74) is 1.09. The third kappa shape index (κ3) is 3.11. The number of imidazole rings is 1. The minimum atomic E-state index is 0.785. The van der Waals surface area contributed by atoms with Gasteiger partial charge in [-0.05, 0) is 45.0 Å². The van der Waals surface area contributed by atoms with Crippen LogP contribution in [0.3, 0.4) is 0 Å². The zero-order chi connectivity index (χ0) is 13.1. The van der Waals surface area contributed by atoms with Gasteiger partial charge >= 0.3 is 0 Å². The highest BCUT2D eigenvalue weighted by atomic mass is 15.1. The van der Waals surface area contributed by atoms with Gasteiger partial charge in [-0.1, -0.05) is 0 Å². The molecule has 102 valence electrons. The summed E-state index contributed by atoms with van der Waals surface area (Å²) in [6.45, 7) is 4.38. The standard InChI is InChI=1S/C14H21N5/c1-18(9-12-3-6-15-7-4-12)10-13-11-19-8-2-5-16-14(19)17-13/h2,5,8,11-12,15H,3-4,6-7,9-10H2,1H3. The third-order valence-electron chi connectivity index (χ3n) is 3.75. The fraction of sp³-hybridized carbons (Fsp3) is 0.571. The molecule has 1 N–H and O–H groups in total. The van der Waals surface area contributed by atoms with Crippen molar-refractivity contribution < 1.29 is 0 Å². The molecule has 5 heteroatoms. The van der Waals surface area contributed by atoms with Crippen LogP contribution in [0.25, 0.3) is 5.78 Å². The van der Waals surface area contributed by atoms with Crippen molar-refractivity contribution in [2.75, 3.05) is 26.7 Å². The van der Waals surface area contributed by atoms with E-state index in [0.29, 0.717) is 0 Å². The van der Waals surface area contributed by atoms with Crippen molar-refractivity contribution in [2.24, 2.45) is 5.92 Å². The van der Waals surface area contributed by atoms with Crippen LogP contribution >= 0.6 is 0 Å². The van der Waals surface area contributed by atoms with Gasteiger partial charge in [0, 0.05) is 31.7 Å². The van der Waals surface area contributed by atoms with E-state index in [1.54, 1.807) is 6.20 Å². The van der Waals surface area contributed by atoms with Crippen LogP contribution < -0.4 is 5.32 Å². The van der Waals surface area contributed by atoms with Gasteiger partial charge in [0.2, 0.25) is 5.78 Å². The Morgan fingerprint density at radius 2 is 2.26 bits per heavy atom. The molecule has 19 heavy (non-hydrogen) atoms. The van der Waals surface area contributed by atoms with Gasteiger partial charge in [-0.25, -0.2) is 9.97 Å². The minimum absolute atomic E-state index is 0.785. The lowest BCUT2D eigenvalue weighted by molar-refractivity contribution is 0.233. The molecule has 0 saturated carbocycles. The molecule has 0 aliphatic carbocycles. The van der Waals surface area contributed by atoms with Crippen LogP contribution in [0.4, 0.5) is 0 Å². The number of piperidine rings is 1. The first kappa shape index (κ1) is 12.6. The Bertz CT molecular complexity index is 496. The molecular formula is C14H21N5. The molecule has 2 aromatic heterocycles. The molecule has 3 rings (SSSR count). The lowest BCUT2D eigenvalue weighted by atomic mass is 9.98. The molecule has 0 bridgehead atoms. The van der Waals surface area contributed by atoms with Crippen molar-refractivity contribution >= 4 is 5.78 Å². The molecule has 3 heterocycles. The number of nitrogens with one attached hydrogen (secondary N) is 1. The van der Waals surface area contributed by atoms with E-state index in [-0.39, 0.29) is 0 Å². The quantitative estimate of drug-likeness (QED) is 0.895. The lowest BCUT2D eigenvalue weighted by Crippen LogP contribution is -2.34. The number of hydrogen-bond donors (Lipinski definition) is 1. The molecule has 1 fully saturated rings. The Kier molecular flexibility index (Phi) is 3.75. The maximum atomic E-state index is 4.54. The van der Waals surface area contributed by atoms with E-state index in [1.807, 2.05) is 16.7 Å². The smallest absolute Gasteiger partial charge is 0.233 e. The number of rotatable bonds is 4. The third-order valence-corrected chi connectivity index (χ3v) is 3.75. The first-order chi connectivity index (χ1) is 9.31. The predicted molar refractivity (Wildman–Crippen MR) is 74.9 cm³/mol. The minimum Gasteiger partial charge on any atom is -0.317 e. The Labute approximate surface area is 113 Å². The summed E-state index contributed by atoms with van der Waals surface area (Å²) in [5, 5.41) is 3.41. The second-order valence-corrected chi connectivity index (χ2v) is 5.45. The van der Waals surface area contributed by atoms with E-state index in [1.165, 1.54) is 12.8 Å². The highest BCUT2D eigenvalue weighted by Crippen LogP contribution is 2.14. The van der Waals surface area contributed by atoms with E-state index >= 15 is 0 Å². The molecule has 1 aliphatic rings. The monoisotopic (exact) mass is 259 g/mol. The van der Waals surface area contributed by atoms with Crippen molar-refractivity contribution in [1.29, 1.82) is 0 Å². The zero-order valence-corrected chi connectivity index (χ0v) is 11.4. The van der Waals surface area contributed by atoms with Crippen molar-refractivity contribution in [3.63, 3.8) is 0 Å². The normalized spacial score (nSPS) is 17.4. The highest BCUT2D eigenvalue weighted by Gasteiger charge is 2.15. The molecule has 5 nitrogen and oxygen atoms in total. The number of nitrogens with zero attached hydrogens (tertiary/aromatic N) is 4. The maximum absolute atomic E-state index is 4.54. The van der Waals surface area contributed by atoms with E-state index in [2.05, 4.69) is 33.4 Å². The summed E-state index contributed by atoms with van der Waals surface area (Å²) >= 11 is 0. The van der Waals surface area contributed by atoms with Crippen LogP contribution in [0.2, 0.25) is 0 Å². The molecule has 0 radical (unpaired) electrons. The summed E-state index contributed by atoms with van der Waals surface area (Å²) in [7, 11) is 2.18. The summed E-state index contributed by atoms with van der Waals surface area (Å²) in [6, 6.07) is 1.93. The number of hydrogen-bond acceptors (Lipinski definition) is 4. The average Bonchev–Trinajstić information content (AvgIpc) is 2.81. The van der Waals surface area contributed by atoms with Gasteiger partial charge in [0.1, 0.15) is 0 Å². The van der Waals surface area contributed by atoms with Crippen LogP contribution in [-0.4, -0.2) is 46.0 Å². The second-order valence-electron chi connectivity index (χ2n) is 5.45.